The third-order valence-corrected chi connectivity index (χ3v) is 6.88. The normalized spacial score (nSPS) is 15.0. The van der Waals surface area contributed by atoms with Gasteiger partial charge in [0.25, 0.3) is 0 Å². The Labute approximate surface area is 179 Å². The number of rotatable bonds is 4. The monoisotopic (exact) mass is 418 g/mol. The highest BCUT2D eigenvalue weighted by Crippen LogP contribution is 2.38. The third kappa shape index (κ3) is 3.87. The highest BCUT2D eigenvalue weighted by Gasteiger charge is 2.23. The predicted octanol–water partition coefficient (Wildman–Crippen LogP) is 5.54. The summed E-state index contributed by atoms with van der Waals surface area (Å²) < 4.78 is 13.3. The molecule has 0 bridgehead atoms. The highest BCUT2D eigenvalue weighted by molar-refractivity contribution is 7.22. The Morgan fingerprint density at radius 2 is 1.73 bits per heavy atom. The molecule has 1 aliphatic rings. The fourth-order valence-corrected chi connectivity index (χ4v) is 5.25. The zero-order valence-corrected chi connectivity index (χ0v) is 17.4. The Morgan fingerprint density at radius 3 is 2.47 bits per heavy atom. The van der Waals surface area contributed by atoms with Gasteiger partial charge in [-0.05, 0) is 54.5 Å². The van der Waals surface area contributed by atoms with Gasteiger partial charge in [-0.1, -0.05) is 42.5 Å². The van der Waals surface area contributed by atoms with Crippen molar-refractivity contribution in [3.8, 4) is 10.4 Å². The number of nitrogen functional groups attached to an aromatic ring is 1. The van der Waals surface area contributed by atoms with E-state index in [1.54, 1.807) is 23.5 Å². The lowest BCUT2D eigenvalue weighted by Gasteiger charge is -2.33. The Balaban J connectivity index is 1.38. The first kappa shape index (κ1) is 19.0. The molecule has 0 radical (unpaired) electrons. The second-order valence-corrected chi connectivity index (χ2v) is 8.89. The van der Waals surface area contributed by atoms with Crippen LogP contribution in [0.4, 0.5) is 16.2 Å². The van der Waals surface area contributed by atoms with Crippen LogP contribution in [-0.4, -0.2) is 23.1 Å². The Hall–Kier alpha value is -2.99. The first-order valence-corrected chi connectivity index (χ1v) is 11.1. The summed E-state index contributed by atoms with van der Waals surface area (Å²) in [5.74, 6) is 1.68. The molecule has 0 saturated carbocycles. The van der Waals surface area contributed by atoms with Crippen molar-refractivity contribution in [2.75, 3.05) is 23.7 Å². The van der Waals surface area contributed by atoms with E-state index in [0.29, 0.717) is 11.9 Å². The average Bonchev–Trinajstić information content (AvgIpc) is 3.19. The van der Waals surface area contributed by atoms with Crippen molar-refractivity contribution in [1.82, 2.24) is 9.97 Å². The van der Waals surface area contributed by atoms with Gasteiger partial charge in [-0.3, -0.25) is 0 Å². The van der Waals surface area contributed by atoms with Crippen LogP contribution in [0.25, 0.3) is 20.7 Å². The van der Waals surface area contributed by atoms with E-state index in [0.717, 1.165) is 58.8 Å². The lowest BCUT2D eigenvalue weighted by atomic mass is 9.90. The van der Waals surface area contributed by atoms with Crippen LogP contribution < -0.4 is 10.6 Å². The quantitative estimate of drug-likeness (QED) is 0.473. The van der Waals surface area contributed by atoms with E-state index in [9.17, 15) is 4.39 Å². The van der Waals surface area contributed by atoms with Crippen LogP contribution in [0.1, 0.15) is 18.4 Å². The molecule has 0 aliphatic carbocycles. The summed E-state index contributed by atoms with van der Waals surface area (Å²) in [7, 11) is 0. The number of anilines is 2. The summed E-state index contributed by atoms with van der Waals surface area (Å²) in [6.07, 6.45) is 3.40. The second-order valence-electron chi connectivity index (χ2n) is 7.86. The van der Waals surface area contributed by atoms with Crippen LogP contribution in [0.2, 0.25) is 0 Å². The zero-order valence-electron chi connectivity index (χ0n) is 16.6. The minimum atomic E-state index is -0.233. The smallest absolute Gasteiger partial charge is 0.223 e. The van der Waals surface area contributed by atoms with E-state index in [1.165, 1.54) is 17.7 Å². The van der Waals surface area contributed by atoms with Gasteiger partial charge < -0.3 is 10.6 Å². The molecule has 30 heavy (non-hydrogen) atoms. The molecule has 4 nitrogen and oxygen atoms in total. The van der Waals surface area contributed by atoms with Crippen LogP contribution in [0, 0.1) is 11.7 Å². The van der Waals surface area contributed by atoms with Gasteiger partial charge in [0.15, 0.2) is 0 Å². The first-order valence-electron chi connectivity index (χ1n) is 10.3. The van der Waals surface area contributed by atoms with Crippen molar-refractivity contribution in [2.24, 2.45) is 5.92 Å². The largest absolute Gasteiger partial charge is 0.368 e. The fourth-order valence-electron chi connectivity index (χ4n) is 4.22. The molecule has 0 unspecified atom stereocenters. The average molecular weight is 419 g/mol. The molecule has 2 N–H and O–H groups in total. The molecule has 0 amide bonds. The maximum atomic E-state index is 13.3. The standard InChI is InChI=1S/C24H23FN4S/c25-19-8-6-18(7-9-19)21-15-20-22(27-24(26)28-23(20)30-21)29-12-10-17(11-13-29)14-16-4-2-1-3-5-16/h1-9,15,17H,10-14H2,(H2,26,27,28). The van der Waals surface area contributed by atoms with Crippen LogP contribution in [0.3, 0.4) is 0 Å². The van der Waals surface area contributed by atoms with Crippen molar-refractivity contribution in [2.45, 2.75) is 19.3 Å². The molecule has 1 aliphatic heterocycles. The van der Waals surface area contributed by atoms with Crippen LogP contribution in [0.5, 0.6) is 0 Å². The number of piperidine rings is 1. The molecular weight excluding hydrogens is 395 g/mol. The molecule has 0 spiro atoms. The molecule has 0 atom stereocenters. The Kier molecular flexibility index (Phi) is 5.09. The first-order chi connectivity index (χ1) is 14.7. The molecule has 4 aromatic rings. The maximum absolute atomic E-state index is 13.3. The molecule has 2 aromatic carbocycles. The number of aromatic nitrogens is 2. The topological polar surface area (TPSA) is 55.0 Å². The predicted molar refractivity (Wildman–Crippen MR) is 122 cm³/mol. The summed E-state index contributed by atoms with van der Waals surface area (Å²) in [6.45, 7) is 1.93. The van der Waals surface area contributed by atoms with E-state index >= 15 is 0 Å². The number of thiophene rings is 1. The minimum Gasteiger partial charge on any atom is -0.368 e. The molecule has 1 saturated heterocycles. The minimum absolute atomic E-state index is 0.233. The van der Waals surface area contributed by atoms with Crippen molar-refractivity contribution >= 4 is 33.3 Å². The van der Waals surface area contributed by atoms with Gasteiger partial charge in [-0.15, -0.1) is 11.3 Å². The van der Waals surface area contributed by atoms with Gasteiger partial charge in [-0.25, -0.2) is 9.37 Å². The molecule has 3 heterocycles. The van der Waals surface area contributed by atoms with Gasteiger partial charge in [-0.2, -0.15) is 4.98 Å². The van der Waals surface area contributed by atoms with E-state index in [-0.39, 0.29) is 5.82 Å². The van der Waals surface area contributed by atoms with Crippen molar-refractivity contribution in [3.05, 3.63) is 72.0 Å². The second kappa shape index (κ2) is 8.03. The maximum Gasteiger partial charge on any atom is 0.223 e. The Morgan fingerprint density at radius 1 is 1.00 bits per heavy atom. The van der Waals surface area contributed by atoms with Gasteiger partial charge in [0.05, 0.1) is 5.39 Å². The highest BCUT2D eigenvalue weighted by atomic mass is 32.1. The molecule has 6 heteroatoms. The molecule has 2 aromatic heterocycles. The van der Waals surface area contributed by atoms with Crippen molar-refractivity contribution in [3.63, 3.8) is 0 Å². The zero-order chi connectivity index (χ0) is 20.5. The lowest BCUT2D eigenvalue weighted by molar-refractivity contribution is 0.403. The summed E-state index contributed by atoms with van der Waals surface area (Å²) in [6, 6.07) is 19.4. The third-order valence-electron chi connectivity index (χ3n) is 5.80. The van der Waals surface area contributed by atoms with E-state index in [4.69, 9.17) is 5.73 Å². The number of nitrogens with zero attached hydrogens (tertiary/aromatic N) is 3. The van der Waals surface area contributed by atoms with Gasteiger partial charge in [0.2, 0.25) is 5.95 Å². The lowest BCUT2D eigenvalue weighted by Crippen LogP contribution is -2.35. The van der Waals surface area contributed by atoms with Crippen molar-refractivity contribution in [1.29, 1.82) is 0 Å². The number of benzene rings is 2. The van der Waals surface area contributed by atoms with E-state index in [2.05, 4.69) is 51.3 Å². The number of nitrogens with two attached hydrogens (primary N) is 1. The van der Waals surface area contributed by atoms with Crippen LogP contribution >= 0.6 is 11.3 Å². The summed E-state index contributed by atoms with van der Waals surface area (Å²) in [4.78, 5) is 13.3. The van der Waals surface area contributed by atoms with Crippen molar-refractivity contribution < 1.29 is 4.39 Å². The van der Waals surface area contributed by atoms with Gasteiger partial charge >= 0.3 is 0 Å². The number of halogens is 1. The van der Waals surface area contributed by atoms with E-state index in [1.807, 2.05) is 0 Å². The summed E-state index contributed by atoms with van der Waals surface area (Å²) >= 11 is 1.57. The Bertz CT molecular complexity index is 1150. The van der Waals surface area contributed by atoms with E-state index < -0.39 is 0 Å². The summed E-state index contributed by atoms with van der Waals surface area (Å²) in [5, 5.41) is 1.02. The fraction of sp³-hybridized carbons (Fsp3) is 0.250. The molecule has 5 rings (SSSR count). The summed E-state index contributed by atoms with van der Waals surface area (Å²) in [5.41, 5.74) is 8.42. The molecule has 1 fully saturated rings. The molecule has 152 valence electrons. The SMILES string of the molecule is Nc1nc(N2CCC(Cc3ccccc3)CC2)c2cc(-c3ccc(F)cc3)sc2n1. The number of hydrogen-bond donors (Lipinski definition) is 1. The molecular formula is C24H23FN4S. The van der Waals surface area contributed by atoms with Crippen LogP contribution in [0.15, 0.2) is 60.7 Å². The van der Waals surface area contributed by atoms with Gasteiger partial charge in [0.1, 0.15) is 16.5 Å². The number of fused-ring (bicyclic) bond motifs is 1. The number of hydrogen-bond acceptors (Lipinski definition) is 5. The van der Waals surface area contributed by atoms with Crippen LogP contribution in [-0.2, 0) is 6.42 Å². The van der Waals surface area contributed by atoms with Gasteiger partial charge in [0, 0.05) is 18.0 Å².